The molecule has 0 unspecified atom stereocenters. The third-order valence-electron chi connectivity index (χ3n) is 3.75. The van der Waals surface area contributed by atoms with Gasteiger partial charge in [0.2, 0.25) is 0 Å². The zero-order chi connectivity index (χ0) is 10.9. The highest BCUT2D eigenvalue weighted by Crippen LogP contribution is 2.42. The van der Waals surface area contributed by atoms with Gasteiger partial charge >= 0.3 is 5.97 Å². The molecule has 1 aliphatic heterocycles. The highest BCUT2D eigenvalue weighted by atomic mass is 16.5. The maximum Gasteiger partial charge on any atom is 0.322 e. The number of rotatable bonds is 2. The van der Waals surface area contributed by atoms with Crippen LogP contribution in [0.4, 0.5) is 0 Å². The molecule has 1 heterocycles. The molecule has 0 amide bonds. The summed E-state index contributed by atoms with van der Waals surface area (Å²) in [6, 6.07) is -0.191. The van der Waals surface area contributed by atoms with Gasteiger partial charge in [0, 0.05) is 0 Å². The van der Waals surface area contributed by atoms with Crippen molar-refractivity contribution in [3.05, 3.63) is 0 Å². The molecule has 1 N–H and O–H groups in total. The van der Waals surface area contributed by atoms with Crippen LogP contribution in [0.1, 0.15) is 32.1 Å². The van der Waals surface area contributed by atoms with Crippen LogP contribution < -0.4 is 5.32 Å². The van der Waals surface area contributed by atoms with Gasteiger partial charge in [-0.1, -0.05) is 6.42 Å². The second kappa shape index (κ2) is 3.93. The zero-order valence-electron chi connectivity index (χ0n) is 9.16. The van der Waals surface area contributed by atoms with Crippen LogP contribution in [-0.2, 0) is 9.53 Å². The van der Waals surface area contributed by atoms with E-state index in [1.54, 1.807) is 0 Å². The molecule has 2 rings (SSSR count). The van der Waals surface area contributed by atoms with Crippen molar-refractivity contribution >= 4 is 12.7 Å². The van der Waals surface area contributed by atoms with Gasteiger partial charge in [0.05, 0.1) is 7.11 Å². The van der Waals surface area contributed by atoms with Crippen molar-refractivity contribution in [2.45, 2.75) is 43.8 Å². The summed E-state index contributed by atoms with van der Waals surface area (Å²) in [6.07, 6.45) is 5.37. The van der Waals surface area contributed by atoms with Crippen molar-refractivity contribution in [2.24, 2.45) is 10.9 Å². The largest absolute Gasteiger partial charge is 0.468 e. The van der Waals surface area contributed by atoms with Crippen LogP contribution in [0.2, 0.25) is 0 Å². The van der Waals surface area contributed by atoms with E-state index in [4.69, 9.17) is 4.74 Å². The standard InChI is InChI=1S/C11H18N2O2/c1-12-11-6-4-3-5-8(11)7-9(13-11)10(14)15-2/h8-9,13H,1,3-7H2,2H3/t8-,9-,11-/m0/s1. The van der Waals surface area contributed by atoms with E-state index in [1.165, 1.54) is 13.5 Å². The highest BCUT2D eigenvalue weighted by Gasteiger charge is 2.49. The first-order chi connectivity index (χ1) is 7.22. The van der Waals surface area contributed by atoms with Gasteiger partial charge in [-0.05, 0) is 38.3 Å². The summed E-state index contributed by atoms with van der Waals surface area (Å²) in [7, 11) is 1.43. The molecule has 4 heteroatoms. The predicted octanol–water partition coefficient (Wildman–Crippen LogP) is 1.11. The zero-order valence-corrected chi connectivity index (χ0v) is 9.16. The number of carbonyl (C=O) groups excluding carboxylic acids is 1. The van der Waals surface area contributed by atoms with E-state index in [9.17, 15) is 4.79 Å². The van der Waals surface area contributed by atoms with Crippen LogP contribution >= 0.6 is 0 Å². The Balaban J connectivity index is 2.14. The number of nitrogens with zero attached hydrogens (tertiary/aromatic N) is 1. The minimum Gasteiger partial charge on any atom is -0.468 e. The Morgan fingerprint density at radius 2 is 2.40 bits per heavy atom. The minimum absolute atomic E-state index is 0.174. The first-order valence-corrected chi connectivity index (χ1v) is 5.55. The molecule has 0 aromatic rings. The smallest absolute Gasteiger partial charge is 0.322 e. The van der Waals surface area contributed by atoms with Crippen molar-refractivity contribution in [1.29, 1.82) is 0 Å². The maximum atomic E-state index is 11.5. The van der Waals surface area contributed by atoms with Crippen LogP contribution in [0.3, 0.4) is 0 Å². The summed E-state index contributed by atoms with van der Waals surface area (Å²) in [5.41, 5.74) is -0.253. The van der Waals surface area contributed by atoms with E-state index in [1.807, 2.05) is 0 Å². The molecule has 1 saturated heterocycles. The molecule has 1 aliphatic carbocycles. The van der Waals surface area contributed by atoms with Gasteiger partial charge in [-0.2, -0.15) is 0 Å². The lowest BCUT2D eigenvalue weighted by atomic mass is 9.80. The van der Waals surface area contributed by atoms with Crippen molar-refractivity contribution in [2.75, 3.05) is 7.11 Å². The number of methoxy groups -OCH3 is 1. The van der Waals surface area contributed by atoms with Crippen LogP contribution in [-0.4, -0.2) is 31.5 Å². The van der Waals surface area contributed by atoms with Gasteiger partial charge in [-0.15, -0.1) is 0 Å². The summed E-state index contributed by atoms with van der Waals surface area (Å²) in [4.78, 5) is 15.7. The Kier molecular flexibility index (Phi) is 2.78. The molecule has 0 bridgehead atoms. The van der Waals surface area contributed by atoms with Crippen molar-refractivity contribution in [3.8, 4) is 0 Å². The summed E-state index contributed by atoms with van der Waals surface area (Å²) in [5, 5.41) is 3.30. The molecule has 0 radical (unpaired) electrons. The van der Waals surface area contributed by atoms with E-state index in [2.05, 4.69) is 17.0 Å². The Hall–Kier alpha value is -0.900. The molecule has 1 saturated carbocycles. The van der Waals surface area contributed by atoms with Crippen LogP contribution in [0.25, 0.3) is 0 Å². The quantitative estimate of drug-likeness (QED) is 0.548. The van der Waals surface area contributed by atoms with Crippen LogP contribution in [0.15, 0.2) is 4.99 Å². The molecule has 4 nitrogen and oxygen atoms in total. The number of nitrogens with one attached hydrogen (secondary N) is 1. The third kappa shape index (κ3) is 1.67. The second-order valence-electron chi connectivity index (χ2n) is 4.48. The number of hydrogen-bond acceptors (Lipinski definition) is 4. The predicted molar refractivity (Wildman–Crippen MR) is 57.8 cm³/mol. The van der Waals surface area contributed by atoms with E-state index in [0.29, 0.717) is 5.92 Å². The van der Waals surface area contributed by atoms with Gasteiger partial charge < -0.3 is 4.74 Å². The number of hydrogen-bond donors (Lipinski definition) is 1. The topological polar surface area (TPSA) is 50.7 Å². The molecule has 2 aliphatic rings. The van der Waals surface area contributed by atoms with Gasteiger partial charge in [0.1, 0.15) is 11.7 Å². The van der Waals surface area contributed by atoms with E-state index >= 15 is 0 Å². The molecule has 0 aromatic heterocycles. The lowest BCUT2D eigenvalue weighted by Gasteiger charge is -2.35. The maximum absolute atomic E-state index is 11.5. The van der Waals surface area contributed by atoms with E-state index in [-0.39, 0.29) is 17.7 Å². The summed E-state index contributed by atoms with van der Waals surface area (Å²) in [6.45, 7) is 3.67. The van der Waals surface area contributed by atoms with Crippen molar-refractivity contribution in [1.82, 2.24) is 5.32 Å². The molecule has 0 aromatic carbocycles. The molecule has 15 heavy (non-hydrogen) atoms. The van der Waals surface area contributed by atoms with E-state index < -0.39 is 0 Å². The molecular weight excluding hydrogens is 192 g/mol. The number of ether oxygens (including phenoxy) is 1. The molecular formula is C11H18N2O2. The highest BCUT2D eigenvalue weighted by molar-refractivity contribution is 5.76. The normalized spacial score (nSPS) is 39.5. The minimum atomic E-state index is -0.253. The summed E-state index contributed by atoms with van der Waals surface area (Å²) < 4.78 is 4.77. The number of esters is 1. The fraction of sp³-hybridized carbons (Fsp3) is 0.818. The van der Waals surface area contributed by atoms with Gasteiger partial charge in [-0.3, -0.25) is 15.1 Å². The third-order valence-corrected chi connectivity index (χ3v) is 3.75. The summed E-state index contributed by atoms with van der Waals surface area (Å²) in [5.74, 6) is 0.278. The van der Waals surface area contributed by atoms with Crippen LogP contribution in [0, 0.1) is 5.92 Å². The first kappa shape index (κ1) is 10.6. The van der Waals surface area contributed by atoms with Crippen molar-refractivity contribution in [3.63, 3.8) is 0 Å². The lowest BCUT2D eigenvalue weighted by Crippen LogP contribution is -2.48. The van der Waals surface area contributed by atoms with Crippen molar-refractivity contribution < 1.29 is 9.53 Å². The lowest BCUT2D eigenvalue weighted by molar-refractivity contribution is -0.142. The molecule has 2 fully saturated rings. The molecule has 3 atom stereocenters. The Bertz CT molecular complexity index is 280. The SMILES string of the molecule is C=N[C@]12CCCC[C@H]1C[C@@H](C(=O)OC)N2. The number of aliphatic imine (C=N–C) groups is 1. The Morgan fingerprint density at radius 1 is 1.60 bits per heavy atom. The summed E-state index contributed by atoms with van der Waals surface area (Å²) >= 11 is 0. The number of fused-ring (bicyclic) bond motifs is 1. The number of carbonyl (C=O) groups is 1. The Morgan fingerprint density at radius 3 is 3.00 bits per heavy atom. The van der Waals surface area contributed by atoms with Crippen LogP contribution in [0.5, 0.6) is 0 Å². The van der Waals surface area contributed by atoms with Gasteiger partial charge in [0.15, 0.2) is 0 Å². The average Bonchev–Trinajstić information content (AvgIpc) is 2.67. The molecule has 84 valence electrons. The van der Waals surface area contributed by atoms with Gasteiger partial charge in [0.25, 0.3) is 0 Å². The molecule has 0 spiro atoms. The fourth-order valence-electron chi connectivity index (χ4n) is 2.93. The first-order valence-electron chi connectivity index (χ1n) is 5.55. The second-order valence-corrected chi connectivity index (χ2v) is 4.48. The Labute approximate surface area is 90.1 Å². The van der Waals surface area contributed by atoms with E-state index in [0.717, 1.165) is 25.7 Å². The van der Waals surface area contributed by atoms with Gasteiger partial charge in [-0.25, -0.2) is 0 Å². The monoisotopic (exact) mass is 210 g/mol. The fourth-order valence-corrected chi connectivity index (χ4v) is 2.93. The average molecular weight is 210 g/mol.